The third-order valence-corrected chi connectivity index (χ3v) is 6.62. The molecule has 0 amide bonds. The van der Waals surface area contributed by atoms with Gasteiger partial charge in [0, 0.05) is 39.6 Å². The molecule has 194 valence electrons. The van der Waals surface area contributed by atoms with Crippen molar-refractivity contribution >= 4 is 28.6 Å². The molecule has 3 saturated heterocycles. The first-order chi connectivity index (χ1) is 16.1. The van der Waals surface area contributed by atoms with Crippen LogP contribution in [0.4, 0.5) is 0 Å². The first kappa shape index (κ1) is 33.1. The molecule has 1 saturated carbocycles. The summed E-state index contributed by atoms with van der Waals surface area (Å²) in [6.45, 7) is 13.2. The number of hydrogen-bond acceptors (Lipinski definition) is 3. The van der Waals surface area contributed by atoms with Crippen LogP contribution in [-0.2, 0) is 14.2 Å². The van der Waals surface area contributed by atoms with Crippen molar-refractivity contribution in [3.05, 3.63) is 29.8 Å². The van der Waals surface area contributed by atoms with Crippen LogP contribution in [0.5, 0.6) is 0 Å². The van der Waals surface area contributed by atoms with Gasteiger partial charge in [-0.25, -0.2) is 12.1 Å². The van der Waals surface area contributed by atoms with Crippen LogP contribution in [0, 0.1) is 43.2 Å². The Labute approximate surface area is 236 Å². The molecule has 3 aliphatic heterocycles. The van der Waals surface area contributed by atoms with Crippen molar-refractivity contribution in [2.75, 3.05) is 39.6 Å². The van der Waals surface area contributed by atoms with E-state index in [-0.39, 0.29) is 25.5 Å². The summed E-state index contributed by atoms with van der Waals surface area (Å²) in [5.74, 6) is 3.48. The maximum absolute atomic E-state index is 4.94. The predicted octanol–water partition coefficient (Wildman–Crippen LogP) is 8.74. The van der Waals surface area contributed by atoms with Gasteiger partial charge in [-0.1, -0.05) is 46.0 Å². The van der Waals surface area contributed by atoms with E-state index in [4.69, 9.17) is 14.2 Å². The molecule has 6 heteroatoms. The molecule has 1 aromatic rings. The third kappa shape index (κ3) is 17.2. The van der Waals surface area contributed by atoms with Crippen LogP contribution >= 0.6 is 28.6 Å². The molecule has 33 heavy (non-hydrogen) atoms. The van der Waals surface area contributed by atoms with Crippen molar-refractivity contribution in [3.8, 4) is 0 Å². The zero-order valence-corrected chi connectivity index (χ0v) is 28.0. The van der Waals surface area contributed by atoms with Gasteiger partial charge in [-0.15, -0.1) is 0 Å². The Morgan fingerprint density at radius 3 is 1.45 bits per heavy atom. The van der Waals surface area contributed by atoms with Gasteiger partial charge in [0.2, 0.25) is 0 Å². The first-order valence-electron chi connectivity index (χ1n) is 12.9. The second-order valence-corrected chi connectivity index (χ2v) is 29.1. The van der Waals surface area contributed by atoms with Crippen LogP contribution < -0.4 is 0 Å². The zero-order chi connectivity index (χ0) is 24.2. The summed E-state index contributed by atoms with van der Waals surface area (Å²) in [6.07, 6.45) is 11.9. The summed E-state index contributed by atoms with van der Waals surface area (Å²) in [4.78, 5) is 0. The monoisotopic (exact) mass is 825 g/mol. The molecule has 3 unspecified atom stereocenters. The molecular weight excluding hydrogens is 776 g/mol. The van der Waals surface area contributed by atoms with E-state index in [0.717, 1.165) is 63.3 Å². The SMILES string of the molecule is C1CCOC1.C1CCOC1.C1CCOC1.CC1CCC(C(C)C)C([c-]2cccc2)C1.[I][Sm][I]. The van der Waals surface area contributed by atoms with E-state index in [2.05, 4.69) is 73.6 Å². The minimum absolute atomic E-state index is 0.190. The molecule has 0 spiro atoms. The number of halogens is 2. The topological polar surface area (TPSA) is 27.7 Å². The molecular formula is C27H47I2O3Sm-. The fourth-order valence-corrected chi connectivity index (χ4v) is 4.75. The van der Waals surface area contributed by atoms with E-state index in [1.165, 1.54) is 57.8 Å². The summed E-state index contributed by atoms with van der Waals surface area (Å²) in [7, 11) is 0. The van der Waals surface area contributed by atoms with E-state index in [0.29, 0.717) is 0 Å². The molecule has 3 heterocycles. The second-order valence-electron chi connectivity index (χ2n) is 9.67. The molecule has 1 aliphatic carbocycles. The van der Waals surface area contributed by atoms with Crippen LogP contribution in [0.3, 0.4) is 0 Å². The molecule has 3 nitrogen and oxygen atoms in total. The van der Waals surface area contributed by atoms with Crippen LogP contribution in [0.15, 0.2) is 24.3 Å². The Morgan fingerprint density at radius 2 is 1.15 bits per heavy atom. The molecule has 4 aliphatic rings. The summed E-state index contributed by atoms with van der Waals surface area (Å²) in [5.41, 5.74) is 1.58. The van der Waals surface area contributed by atoms with Gasteiger partial charge in [0.1, 0.15) is 0 Å². The molecule has 0 radical (unpaired) electrons. The van der Waals surface area contributed by atoms with Crippen molar-refractivity contribution in [2.45, 2.75) is 84.5 Å². The summed E-state index contributed by atoms with van der Waals surface area (Å²) in [5, 5.41) is 0. The molecule has 0 N–H and O–H groups in total. The van der Waals surface area contributed by atoms with Gasteiger partial charge >= 0.3 is 54.0 Å². The Hall–Kier alpha value is 2.03. The average molecular weight is 824 g/mol. The second kappa shape index (κ2) is 23.2. The normalized spacial score (nSPS) is 26.1. The zero-order valence-electron chi connectivity index (χ0n) is 21.1. The van der Waals surface area contributed by atoms with E-state index in [1.807, 2.05) is 0 Å². The van der Waals surface area contributed by atoms with Crippen molar-refractivity contribution in [1.82, 2.24) is 0 Å². The van der Waals surface area contributed by atoms with Crippen LogP contribution in [0.1, 0.15) is 90.0 Å². The Balaban J connectivity index is 0.000000246. The summed E-state index contributed by atoms with van der Waals surface area (Å²) in [6, 6.07) is 9.01. The van der Waals surface area contributed by atoms with Crippen molar-refractivity contribution in [3.63, 3.8) is 0 Å². The van der Waals surface area contributed by atoms with E-state index < -0.39 is 0 Å². The van der Waals surface area contributed by atoms with Gasteiger partial charge in [-0.05, 0) is 56.3 Å². The number of ether oxygens (including phenoxy) is 3. The van der Waals surface area contributed by atoms with Gasteiger partial charge in [-0.2, -0.15) is 17.7 Å². The quantitative estimate of drug-likeness (QED) is 0.221. The van der Waals surface area contributed by atoms with Gasteiger partial charge in [0.15, 0.2) is 0 Å². The van der Waals surface area contributed by atoms with E-state index in [1.54, 1.807) is 5.56 Å². The van der Waals surface area contributed by atoms with Gasteiger partial charge < -0.3 is 14.2 Å². The Bertz CT molecular complexity index is 469. The van der Waals surface area contributed by atoms with Crippen molar-refractivity contribution < 1.29 is 39.7 Å². The molecule has 1 aromatic carbocycles. The summed E-state index contributed by atoms with van der Waals surface area (Å²) < 4.78 is 14.8. The van der Waals surface area contributed by atoms with Gasteiger partial charge in [0.25, 0.3) is 0 Å². The van der Waals surface area contributed by atoms with Crippen molar-refractivity contribution in [2.24, 2.45) is 17.8 Å². The first-order valence-corrected chi connectivity index (χ1v) is 28.0. The average Bonchev–Trinajstić information content (AvgIpc) is 3.67. The fourth-order valence-electron chi connectivity index (χ4n) is 4.75. The third-order valence-electron chi connectivity index (χ3n) is 6.62. The molecule has 5 rings (SSSR count). The van der Waals surface area contributed by atoms with E-state index >= 15 is 0 Å². The molecule has 0 aromatic heterocycles. The minimum atomic E-state index is 0.190. The maximum atomic E-state index is 4.94. The molecule has 0 bridgehead atoms. The van der Waals surface area contributed by atoms with Crippen molar-refractivity contribution in [1.29, 1.82) is 0 Å². The van der Waals surface area contributed by atoms with Gasteiger partial charge in [0.05, 0.1) is 0 Å². The van der Waals surface area contributed by atoms with E-state index in [9.17, 15) is 0 Å². The van der Waals surface area contributed by atoms with Crippen LogP contribution in [0.2, 0.25) is 0 Å². The Kier molecular flexibility index (Phi) is 23.2. The van der Waals surface area contributed by atoms with Crippen LogP contribution in [-0.4, -0.2) is 39.6 Å². The molecule has 4 fully saturated rings. The number of rotatable bonds is 2. The number of hydrogen-bond donors (Lipinski definition) is 0. The predicted molar refractivity (Wildman–Crippen MR) is 154 cm³/mol. The standard InChI is InChI=1S/C15H23.3C4H8O.2HI.Sm/c1-11(2)14-9-8-12(3)10-15(14)13-6-4-5-7-13;3*1-2-4-5-3-1;;;/h4-7,11-12,14-15H,8-10H2,1-3H3;3*1-4H2;2*1H;/q-1;;;;;;+2/p-2. The Morgan fingerprint density at radius 1 is 0.758 bits per heavy atom. The van der Waals surface area contributed by atoms with Gasteiger partial charge in [-0.3, -0.25) is 0 Å². The molecule has 3 atom stereocenters. The van der Waals surface area contributed by atoms with Crippen LogP contribution in [0.25, 0.3) is 0 Å². The summed E-state index contributed by atoms with van der Waals surface area (Å²) >= 11 is 5.07. The fraction of sp³-hybridized carbons (Fsp3) is 0.815.